The fraction of sp³-hybridized carbons (Fsp3) is 0.250. The first kappa shape index (κ1) is 31.0. The van der Waals surface area contributed by atoms with Gasteiger partial charge in [-0.2, -0.15) is 0 Å². The Kier molecular flexibility index (Phi) is 11.4. The van der Waals surface area contributed by atoms with Gasteiger partial charge < -0.3 is 10.2 Å². The highest BCUT2D eigenvalue weighted by molar-refractivity contribution is 7.96. The minimum Gasteiger partial charge on any atom is -0.481 e. The van der Waals surface area contributed by atoms with Crippen molar-refractivity contribution in [3.8, 4) is 0 Å². The van der Waals surface area contributed by atoms with Crippen molar-refractivity contribution in [2.45, 2.75) is 58.7 Å². The summed E-state index contributed by atoms with van der Waals surface area (Å²) in [6.45, 7) is 8.14. The van der Waals surface area contributed by atoms with E-state index in [9.17, 15) is 9.90 Å². The summed E-state index contributed by atoms with van der Waals surface area (Å²) < 4.78 is 0. The van der Waals surface area contributed by atoms with E-state index in [1.165, 1.54) is 27.0 Å². The van der Waals surface area contributed by atoms with Crippen LogP contribution in [0.3, 0.4) is 0 Å². The molecular formula is C36H42O3P+. The number of rotatable bonds is 10. The number of aliphatic hydroxyl groups is 1. The second-order valence-corrected chi connectivity index (χ2v) is 13.8. The fourth-order valence-electron chi connectivity index (χ4n) is 5.29. The van der Waals surface area contributed by atoms with Crippen molar-refractivity contribution in [2.24, 2.45) is 0 Å². The van der Waals surface area contributed by atoms with Gasteiger partial charge in [-0.1, -0.05) is 98.8 Å². The first-order valence-corrected chi connectivity index (χ1v) is 15.8. The molecule has 0 aliphatic heterocycles. The predicted octanol–water partition coefficient (Wildman–Crippen LogP) is 7.62. The lowest BCUT2D eigenvalue weighted by atomic mass is 9.95. The van der Waals surface area contributed by atoms with Gasteiger partial charge in [0.2, 0.25) is 0 Å². The Labute approximate surface area is 240 Å². The van der Waals surface area contributed by atoms with Crippen molar-refractivity contribution < 1.29 is 15.0 Å². The summed E-state index contributed by atoms with van der Waals surface area (Å²) in [5.74, 6) is -0.742. The van der Waals surface area contributed by atoms with Crippen LogP contribution in [0.5, 0.6) is 0 Å². The summed E-state index contributed by atoms with van der Waals surface area (Å²) in [5, 5.41) is 23.2. The van der Waals surface area contributed by atoms with E-state index in [-0.39, 0.29) is 6.42 Å². The van der Waals surface area contributed by atoms with Gasteiger partial charge in [-0.05, 0) is 72.9 Å². The smallest absolute Gasteiger partial charge is 0.303 e. The molecule has 0 heterocycles. The number of aryl methyl sites for hydroxylation is 1. The second-order valence-electron chi connectivity index (χ2n) is 9.97. The summed E-state index contributed by atoms with van der Waals surface area (Å²) in [7, 11) is -2.20. The number of benzene rings is 4. The molecule has 0 spiro atoms. The summed E-state index contributed by atoms with van der Waals surface area (Å²) >= 11 is 0. The van der Waals surface area contributed by atoms with Crippen molar-refractivity contribution >= 4 is 34.7 Å². The van der Waals surface area contributed by atoms with Crippen LogP contribution in [0.25, 0.3) is 5.57 Å². The SMILES string of the molecule is C/C=C(/CCC(=O)O)c1ccccc1CC.CCC(C)(O)[P+](c1ccccc1)(c1ccccc1)c1ccccc1. The number of aliphatic carboxylic acids is 1. The van der Waals surface area contributed by atoms with Crippen LogP contribution in [-0.4, -0.2) is 21.5 Å². The van der Waals surface area contributed by atoms with E-state index >= 15 is 0 Å². The van der Waals surface area contributed by atoms with E-state index < -0.39 is 18.6 Å². The van der Waals surface area contributed by atoms with Crippen LogP contribution in [0.1, 0.15) is 58.1 Å². The van der Waals surface area contributed by atoms with Crippen molar-refractivity contribution in [3.05, 3.63) is 132 Å². The van der Waals surface area contributed by atoms with Gasteiger partial charge in [-0.15, -0.1) is 0 Å². The molecule has 40 heavy (non-hydrogen) atoms. The van der Waals surface area contributed by atoms with Gasteiger partial charge in [0.1, 0.15) is 23.2 Å². The zero-order chi connectivity index (χ0) is 29.0. The molecule has 0 saturated carbocycles. The second kappa shape index (κ2) is 14.7. The maximum Gasteiger partial charge on any atom is 0.303 e. The monoisotopic (exact) mass is 553 g/mol. The molecule has 3 nitrogen and oxygen atoms in total. The van der Waals surface area contributed by atoms with Crippen LogP contribution in [0.2, 0.25) is 0 Å². The van der Waals surface area contributed by atoms with E-state index in [0.717, 1.165) is 12.0 Å². The van der Waals surface area contributed by atoms with Gasteiger partial charge in [0.25, 0.3) is 0 Å². The third-order valence-corrected chi connectivity index (χ3v) is 12.5. The van der Waals surface area contributed by atoms with Crippen molar-refractivity contribution in [3.63, 3.8) is 0 Å². The molecule has 0 saturated heterocycles. The summed E-state index contributed by atoms with van der Waals surface area (Å²) in [5.41, 5.74) is 3.59. The van der Waals surface area contributed by atoms with Crippen molar-refractivity contribution in [2.75, 3.05) is 0 Å². The van der Waals surface area contributed by atoms with Gasteiger partial charge in [-0.3, -0.25) is 4.79 Å². The lowest BCUT2D eigenvalue weighted by Crippen LogP contribution is -2.45. The number of hydrogen-bond donors (Lipinski definition) is 2. The number of carboxylic acid groups (broad SMARTS) is 1. The lowest BCUT2D eigenvalue weighted by Gasteiger charge is -2.38. The van der Waals surface area contributed by atoms with Crippen molar-refractivity contribution in [1.82, 2.24) is 0 Å². The Hall–Kier alpha value is -3.52. The maximum absolute atomic E-state index is 11.6. The van der Waals surface area contributed by atoms with Crippen LogP contribution in [0, 0.1) is 0 Å². The number of carbonyl (C=O) groups is 1. The Morgan fingerprint density at radius 2 is 1.15 bits per heavy atom. The fourth-order valence-corrected chi connectivity index (χ4v) is 10.2. The van der Waals surface area contributed by atoms with Gasteiger partial charge in [0.05, 0.1) is 0 Å². The predicted molar refractivity (Wildman–Crippen MR) is 172 cm³/mol. The highest BCUT2D eigenvalue weighted by atomic mass is 31.2. The van der Waals surface area contributed by atoms with Gasteiger partial charge in [0.15, 0.2) is 5.34 Å². The average Bonchev–Trinajstić information content (AvgIpc) is 3.00. The molecule has 208 valence electrons. The molecular weight excluding hydrogens is 511 g/mol. The quantitative estimate of drug-likeness (QED) is 0.199. The zero-order valence-electron chi connectivity index (χ0n) is 24.1. The Bertz CT molecular complexity index is 1270. The molecule has 0 amide bonds. The van der Waals surface area contributed by atoms with Crippen LogP contribution in [0.4, 0.5) is 0 Å². The minimum absolute atomic E-state index is 0.192. The summed E-state index contributed by atoms with van der Waals surface area (Å²) in [6, 6.07) is 39.7. The molecule has 4 aromatic carbocycles. The first-order valence-electron chi connectivity index (χ1n) is 14.0. The molecule has 4 aromatic rings. The Morgan fingerprint density at radius 3 is 1.52 bits per heavy atom. The van der Waals surface area contributed by atoms with Crippen LogP contribution >= 0.6 is 7.26 Å². The number of carboxylic acids is 1. The molecule has 0 fully saturated rings. The molecule has 2 N–H and O–H groups in total. The molecule has 0 bridgehead atoms. The van der Waals surface area contributed by atoms with Crippen molar-refractivity contribution in [1.29, 1.82) is 0 Å². The van der Waals surface area contributed by atoms with Crippen LogP contribution < -0.4 is 15.9 Å². The minimum atomic E-state index is -2.20. The maximum atomic E-state index is 11.6. The summed E-state index contributed by atoms with van der Waals surface area (Å²) in [6.07, 6.45) is 4.47. The van der Waals surface area contributed by atoms with Crippen LogP contribution in [-0.2, 0) is 11.2 Å². The number of hydrogen-bond acceptors (Lipinski definition) is 2. The normalized spacial score (nSPS) is 13.1. The zero-order valence-corrected chi connectivity index (χ0v) is 25.0. The lowest BCUT2D eigenvalue weighted by molar-refractivity contribution is -0.136. The molecule has 0 aliphatic rings. The van der Waals surface area contributed by atoms with Gasteiger partial charge >= 0.3 is 5.97 Å². The first-order chi connectivity index (χ1) is 19.3. The molecule has 4 rings (SSSR count). The largest absolute Gasteiger partial charge is 0.481 e. The Morgan fingerprint density at radius 1 is 0.725 bits per heavy atom. The topological polar surface area (TPSA) is 57.5 Å². The molecule has 1 unspecified atom stereocenters. The van der Waals surface area contributed by atoms with E-state index in [0.29, 0.717) is 12.8 Å². The molecule has 0 aromatic heterocycles. The summed E-state index contributed by atoms with van der Waals surface area (Å²) in [4.78, 5) is 10.6. The van der Waals surface area contributed by atoms with E-state index in [4.69, 9.17) is 5.11 Å². The van der Waals surface area contributed by atoms with E-state index in [1.807, 2.05) is 50.3 Å². The van der Waals surface area contributed by atoms with Crippen LogP contribution in [0.15, 0.2) is 121 Å². The molecule has 1 atom stereocenters. The molecule has 0 aliphatic carbocycles. The average molecular weight is 554 g/mol. The van der Waals surface area contributed by atoms with E-state index in [1.54, 1.807) is 0 Å². The standard InChI is InChI=1S/C22H24OP.C14H18O2/c1-3-22(2,23)24(19-13-7-4-8-14-19,20-15-9-5-10-16-20)21-17-11-6-12-18-21;1-3-11-7-5-6-8-13(11)12(4-2)9-10-14(15)16/h4-18,23H,3H2,1-2H3;4-8H,3,9-10H2,1-2H3,(H,15,16)/q+1;/b;12-4-. The molecule has 4 heteroatoms. The third kappa shape index (κ3) is 6.97. The van der Waals surface area contributed by atoms with Gasteiger partial charge in [0, 0.05) is 19.8 Å². The highest BCUT2D eigenvalue weighted by Crippen LogP contribution is 2.65. The number of allylic oxidation sites excluding steroid dienone is 2. The highest BCUT2D eigenvalue weighted by Gasteiger charge is 2.58. The Balaban J connectivity index is 0.000000241. The van der Waals surface area contributed by atoms with Gasteiger partial charge in [-0.25, -0.2) is 0 Å². The van der Waals surface area contributed by atoms with E-state index in [2.05, 4.69) is 98.8 Å². The molecule has 0 radical (unpaired) electrons. The third-order valence-electron chi connectivity index (χ3n) is 7.52.